The van der Waals surface area contributed by atoms with Gasteiger partial charge in [0, 0.05) is 22.8 Å². The standard InChI is InChI=1S/C17H19N3O/c1-11(13-6-4-3-5-7-13)20-17-16-14(8-9-18-17)15(10-21)12(2)19-16/h3-9,11,19,21H,10H2,1-2H3,(H,18,20)/t11-/m0/s1. The molecule has 3 aromatic rings. The highest BCUT2D eigenvalue weighted by Crippen LogP contribution is 2.28. The molecule has 0 saturated heterocycles. The molecule has 0 aliphatic rings. The van der Waals surface area contributed by atoms with E-state index >= 15 is 0 Å². The van der Waals surface area contributed by atoms with Gasteiger partial charge >= 0.3 is 0 Å². The van der Waals surface area contributed by atoms with Crippen molar-refractivity contribution < 1.29 is 5.11 Å². The number of nitrogens with zero attached hydrogens (tertiary/aromatic N) is 1. The van der Waals surface area contributed by atoms with Crippen LogP contribution >= 0.6 is 0 Å². The minimum Gasteiger partial charge on any atom is -0.392 e. The normalized spacial score (nSPS) is 12.5. The van der Waals surface area contributed by atoms with Gasteiger partial charge in [-0.3, -0.25) is 0 Å². The van der Waals surface area contributed by atoms with E-state index in [4.69, 9.17) is 0 Å². The summed E-state index contributed by atoms with van der Waals surface area (Å²) in [4.78, 5) is 7.76. The van der Waals surface area contributed by atoms with E-state index in [0.717, 1.165) is 28.0 Å². The maximum atomic E-state index is 9.50. The fourth-order valence-corrected chi connectivity index (χ4v) is 2.65. The number of aryl methyl sites for hydroxylation is 1. The highest BCUT2D eigenvalue weighted by Gasteiger charge is 2.13. The van der Waals surface area contributed by atoms with Gasteiger partial charge in [0.2, 0.25) is 0 Å². The highest BCUT2D eigenvalue weighted by molar-refractivity contribution is 5.92. The first-order valence-corrected chi connectivity index (χ1v) is 7.09. The van der Waals surface area contributed by atoms with Gasteiger partial charge in [0.25, 0.3) is 0 Å². The van der Waals surface area contributed by atoms with Crippen LogP contribution in [-0.4, -0.2) is 15.1 Å². The first-order chi connectivity index (χ1) is 10.2. The first-order valence-electron chi connectivity index (χ1n) is 7.09. The van der Waals surface area contributed by atoms with Crippen LogP contribution in [0.25, 0.3) is 10.9 Å². The third-order valence-corrected chi connectivity index (χ3v) is 3.85. The monoisotopic (exact) mass is 281 g/mol. The number of aromatic amines is 1. The molecule has 0 saturated carbocycles. The Morgan fingerprint density at radius 1 is 1.24 bits per heavy atom. The number of fused-ring (bicyclic) bond motifs is 1. The van der Waals surface area contributed by atoms with Gasteiger partial charge in [-0.05, 0) is 25.5 Å². The van der Waals surface area contributed by atoms with E-state index in [1.165, 1.54) is 5.56 Å². The van der Waals surface area contributed by atoms with Crippen LogP contribution in [0.3, 0.4) is 0 Å². The Morgan fingerprint density at radius 3 is 2.71 bits per heavy atom. The zero-order valence-electron chi connectivity index (χ0n) is 12.2. The molecule has 1 atom stereocenters. The number of nitrogens with one attached hydrogen (secondary N) is 2. The lowest BCUT2D eigenvalue weighted by Crippen LogP contribution is -2.08. The van der Waals surface area contributed by atoms with E-state index in [1.54, 1.807) is 6.20 Å². The molecule has 0 spiro atoms. The van der Waals surface area contributed by atoms with Crippen LogP contribution in [0.5, 0.6) is 0 Å². The summed E-state index contributed by atoms with van der Waals surface area (Å²) < 4.78 is 0. The molecule has 4 heteroatoms. The lowest BCUT2D eigenvalue weighted by Gasteiger charge is -2.15. The van der Waals surface area contributed by atoms with Crippen molar-refractivity contribution in [1.82, 2.24) is 9.97 Å². The topological polar surface area (TPSA) is 60.9 Å². The van der Waals surface area contributed by atoms with Crippen molar-refractivity contribution in [3.63, 3.8) is 0 Å². The average molecular weight is 281 g/mol. The summed E-state index contributed by atoms with van der Waals surface area (Å²) in [7, 11) is 0. The molecule has 0 aliphatic carbocycles. The SMILES string of the molecule is Cc1[nH]c2c(N[C@@H](C)c3ccccc3)nccc2c1CO. The summed E-state index contributed by atoms with van der Waals surface area (Å²) in [5.41, 5.74) is 4.07. The van der Waals surface area contributed by atoms with Crippen molar-refractivity contribution >= 4 is 16.7 Å². The molecule has 0 amide bonds. The van der Waals surface area contributed by atoms with Gasteiger partial charge in [0.1, 0.15) is 0 Å². The fraction of sp³-hybridized carbons (Fsp3) is 0.235. The highest BCUT2D eigenvalue weighted by atomic mass is 16.3. The summed E-state index contributed by atoms with van der Waals surface area (Å²) in [6, 6.07) is 12.4. The Kier molecular flexibility index (Phi) is 3.62. The van der Waals surface area contributed by atoms with Crippen LogP contribution in [0, 0.1) is 6.92 Å². The number of hydrogen-bond donors (Lipinski definition) is 3. The van der Waals surface area contributed by atoms with Crippen LogP contribution in [0.1, 0.15) is 29.8 Å². The number of benzene rings is 1. The van der Waals surface area contributed by atoms with Gasteiger partial charge in [0.15, 0.2) is 5.82 Å². The predicted octanol–water partition coefficient (Wildman–Crippen LogP) is 3.54. The second-order valence-electron chi connectivity index (χ2n) is 5.25. The number of H-pyrrole nitrogens is 1. The van der Waals surface area contributed by atoms with Gasteiger partial charge in [-0.1, -0.05) is 30.3 Å². The maximum Gasteiger partial charge on any atom is 0.150 e. The van der Waals surface area contributed by atoms with Gasteiger partial charge in [-0.15, -0.1) is 0 Å². The molecule has 2 heterocycles. The Morgan fingerprint density at radius 2 is 2.00 bits per heavy atom. The third-order valence-electron chi connectivity index (χ3n) is 3.85. The van der Waals surface area contributed by atoms with Crippen molar-refractivity contribution in [2.45, 2.75) is 26.5 Å². The van der Waals surface area contributed by atoms with E-state index < -0.39 is 0 Å². The number of aromatic nitrogens is 2. The van der Waals surface area contributed by atoms with Gasteiger partial charge < -0.3 is 15.4 Å². The predicted molar refractivity (Wildman–Crippen MR) is 85.2 cm³/mol. The first kappa shape index (κ1) is 13.6. The molecular weight excluding hydrogens is 262 g/mol. The molecule has 3 N–H and O–H groups in total. The van der Waals surface area contributed by atoms with Crippen LogP contribution in [0.4, 0.5) is 5.82 Å². The largest absolute Gasteiger partial charge is 0.392 e. The average Bonchev–Trinajstić information content (AvgIpc) is 2.84. The van der Waals surface area contributed by atoms with Gasteiger partial charge in [-0.2, -0.15) is 0 Å². The lowest BCUT2D eigenvalue weighted by atomic mass is 10.1. The molecule has 0 aliphatic heterocycles. The van der Waals surface area contributed by atoms with Crippen molar-refractivity contribution in [2.24, 2.45) is 0 Å². The maximum absolute atomic E-state index is 9.50. The molecule has 21 heavy (non-hydrogen) atoms. The second kappa shape index (κ2) is 5.58. The second-order valence-corrected chi connectivity index (χ2v) is 5.25. The molecule has 0 bridgehead atoms. The van der Waals surface area contributed by atoms with Crippen molar-refractivity contribution in [1.29, 1.82) is 0 Å². The Balaban J connectivity index is 1.98. The zero-order chi connectivity index (χ0) is 14.8. The molecule has 0 fully saturated rings. The van der Waals surface area contributed by atoms with E-state index in [9.17, 15) is 5.11 Å². The number of hydrogen-bond acceptors (Lipinski definition) is 3. The Labute approximate surface area is 123 Å². The Bertz CT molecular complexity index is 749. The third kappa shape index (κ3) is 2.50. The molecule has 3 rings (SSSR count). The molecule has 108 valence electrons. The molecule has 4 nitrogen and oxygen atoms in total. The van der Waals surface area contributed by atoms with Crippen molar-refractivity contribution in [3.8, 4) is 0 Å². The summed E-state index contributed by atoms with van der Waals surface area (Å²) in [6.45, 7) is 4.11. The molecule has 2 aromatic heterocycles. The smallest absolute Gasteiger partial charge is 0.150 e. The van der Waals surface area contributed by atoms with Crippen LogP contribution in [0.2, 0.25) is 0 Å². The quantitative estimate of drug-likeness (QED) is 0.685. The fourth-order valence-electron chi connectivity index (χ4n) is 2.65. The zero-order valence-corrected chi connectivity index (χ0v) is 12.2. The molecule has 1 aromatic carbocycles. The number of aliphatic hydroxyl groups is 1. The van der Waals surface area contributed by atoms with Crippen LogP contribution in [0.15, 0.2) is 42.6 Å². The van der Waals surface area contributed by atoms with E-state index in [2.05, 4.69) is 34.3 Å². The summed E-state index contributed by atoms with van der Waals surface area (Å²) in [5, 5.41) is 14.0. The van der Waals surface area contributed by atoms with E-state index in [-0.39, 0.29) is 12.6 Å². The van der Waals surface area contributed by atoms with Crippen LogP contribution < -0.4 is 5.32 Å². The number of pyridine rings is 1. The van der Waals surface area contributed by atoms with Gasteiger partial charge in [0.05, 0.1) is 18.2 Å². The molecular formula is C17H19N3O. The number of rotatable bonds is 4. The van der Waals surface area contributed by atoms with E-state index in [1.807, 2.05) is 31.2 Å². The van der Waals surface area contributed by atoms with E-state index in [0.29, 0.717) is 0 Å². The summed E-state index contributed by atoms with van der Waals surface area (Å²) in [6.07, 6.45) is 1.77. The van der Waals surface area contributed by atoms with Crippen molar-refractivity contribution in [3.05, 3.63) is 59.4 Å². The molecule has 0 radical (unpaired) electrons. The number of aliphatic hydroxyl groups excluding tert-OH is 1. The minimum atomic E-state index is 0.0313. The lowest BCUT2D eigenvalue weighted by molar-refractivity contribution is 0.282. The van der Waals surface area contributed by atoms with Crippen LogP contribution in [-0.2, 0) is 6.61 Å². The summed E-state index contributed by atoms with van der Waals surface area (Å²) >= 11 is 0. The van der Waals surface area contributed by atoms with Gasteiger partial charge in [-0.25, -0.2) is 4.98 Å². The summed E-state index contributed by atoms with van der Waals surface area (Å²) in [5.74, 6) is 0.812. The van der Waals surface area contributed by atoms with Crippen molar-refractivity contribution in [2.75, 3.05) is 5.32 Å². The number of anilines is 1. The minimum absolute atomic E-state index is 0.0313. The Hall–Kier alpha value is -2.33. The molecule has 0 unspecified atom stereocenters.